The van der Waals surface area contributed by atoms with Gasteiger partial charge in [0.1, 0.15) is 0 Å². The van der Waals surface area contributed by atoms with Crippen LogP contribution in [0.15, 0.2) is 36.5 Å². The normalized spacial score (nSPS) is 22.0. The minimum atomic E-state index is -0.266. The summed E-state index contributed by atoms with van der Waals surface area (Å²) in [4.78, 5) is 6.94. The number of hydrogen-bond donors (Lipinski definition) is 1. The molecule has 1 N–H and O–H groups in total. The molecule has 2 unspecified atom stereocenters. The summed E-state index contributed by atoms with van der Waals surface area (Å²) in [5.41, 5.74) is 2.35. The molecule has 1 saturated heterocycles. The van der Waals surface area contributed by atoms with Crippen LogP contribution in [0.2, 0.25) is 0 Å². The van der Waals surface area contributed by atoms with Gasteiger partial charge in [0.2, 0.25) is 0 Å². The molecule has 2 heterocycles. The third kappa shape index (κ3) is 2.69. The van der Waals surface area contributed by atoms with Crippen molar-refractivity contribution < 1.29 is 5.11 Å². The van der Waals surface area contributed by atoms with E-state index >= 15 is 0 Å². The molecule has 2 aromatic rings. The summed E-state index contributed by atoms with van der Waals surface area (Å²) in [6.45, 7) is 3.85. The third-order valence-corrected chi connectivity index (χ3v) is 4.31. The fourth-order valence-electron chi connectivity index (χ4n) is 3.27. The highest BCUT2D eigenvalue weighted by atomic mass is 16.3. The van der Waals surface area contributed by atoms with Gasteiger partial charge in [0.15, 0.2) is 0 Å². The molecule has 0 spiro atoms. The zero-order chi connectivity index (χ0) is 13.9. The molecule has 0 bridgehead atoms. The smallest absolute Gasteiger partial charge is 0.0746 e. The largest absolute Gasteiger partial charge is 0.392 e. The van der Waals surface area contributed by atoms with Crippen LogP contribution < -0.4 is 0 Å². The van der Waals surface area contributed by atoms with Gasteiger partial charge in [-0.3, -0.25) is 9.88 Å². The van der Waals surface area contributed by atoms with Gasteiger partial charge in [0.25, 0.3) is 0 Å². The van der Waals surface area contributed by atoms with E-state index in [1.807, 2.05) is 19.2 Å². The van der Waals surface area contributed by atoms with Crippen LogP contribution in [0.5, 0.6) is 0 Å². The quantitative estimate of drug-likeness (QED) is 0.931. The first kappa shape index (κ1) is 13.5. The zero-order valence-electron chi connectivity index (χ0n) is 12.0. The number of aliphatic hydroxyl groups is 1. The molecule has 1 aromatic heterocycles. The number of nitrogens with zero attached hydrogens (tertiary/aromatic N) is 2. The van der Waals surface area contributed by atoms with E-state index in [4.69, 9.17) is 0 Å². The molecule has 3 rings (SSSR count). The first-order chi connectivity index (χ1) is 9.75. The summed E-state index contributed by atoms with van der Waals surface area (Å²) in [5, 5.41) is 11.2. The minimum Gasteiger partial charge on any atom is -0.392 e. The van der Waals surface area contributed by atoms with Crippen LogP contribution in [0, 0.1) is 0 Å². The Labute approximate surface area is 120 Å². The standard InChI is InChI=1S/C17H22N2O/c1-13(20)16-9-2-3-11-19(16)12-15-7-4-6-14-8-5-10-18-17(14)15/h4-8,10,13,16,20H,2-3,9,11-12H2,1H3. The first-order valence-corrected chi connectivity index (χ1v) is 7.50. The molecule has 1 aliphatic heterocycles. The summed E-state index contributed by atoms with van der Waals surface area (Å²) < 4.78 is 0. The van der Waals surface area contributed by atoms with Gasteiger partial charge in [-0.15, -0.1) is 0 Å². The highest BCUT2D eigenvalue weighted by molar-refractivity contribution is 5.81. The lowest BCUT2D eigenvalue weighted by molar-refractivity contribution is 0.0319. The Morgan fingerprint density at radius 3 is 3.00 bits per heavy atom. The molecule has 1 aliphatic rings. The molecule has 3 nitrogen and oxygen atoms in total. The predicted octanol–water partition coefficient (Wildman–Crippen LogP) is 2.97. The highest BCUT2D eigenvalue weighted by Crippen LogP contribution is 2.24. The lowest BCUT2D eigenvalue weighted by Crippen LogP contribution is -2.45. The lowest BCUT2D eigenvalue weighted by Gasteiger charge is -2.37. The Hall–Kier alpha value is -1.45. The van der Waals surface area contributed by atoms with E-state index in [1.165, 1.54) is 23.8 Å². The number of pyridine rings is 1. The van der Waals surface area contributed by atoms with Crippen molar-refractivity contribution in [1.29, 1.82) is 0 Å². The lowest BCUT2D eigenvalue weighted by atomic mass is 9.97. The first-order valence-electron chi connectivity index (χ1n) is 7.50. The average Bonchev–Trinajstić information content (AvgIpc) is 2.48. The van der Waals surface area contributed by atoms with Crippen molar-refractivity contribution >= 4 is 10.9 Å². The Morgan fingerprint density at radius 2 is 2.15 bits per heavy atom. The van der Waals surface area contributed by atoms with Crippen molar-refractivity contribution in [2.45, 2.75) is 44.9 Å². The molecule has 2 atom stereocenters. The predicted molar refractivity (Wildman–Crippen MR) is 81.5 cm³/mol. The van der Waals surface area contributed by atoms with Crippen LogP contribution in [0.3, 0.4) is 0 Å². The van der Waals surface area contributed by atoms with Crippen molar-refractivity contribution in [2.75, 3.05) is 6.54 Å². The summed E-state index contributed by atoms with van der Waals surface area (Å²) in [5.74, 6) is 0. The molecule has 20 heavy (non-hydrogen) atoms. The number of fused-ring (bicyclic) bond motifs is 1. The van der Waals surface area contributed by atoms with Gasteiger partial charge >= 0.3 is 0 Å². The second-order valence-corrected chi connectivity index (χ2v) is 5.77. The van der Waals surface area contributed by atoms with E-state index in [2.05, 4.69) is 34.1 Å². The monoisotopic (exact) mass is 270 g/mol. The Balaban J connectivity index is 1.88. The van der Waals surface area contributed by atoms with Crippen molar-refractivity contribution in [2.24, 2.45) is 0 Å². The number of para-hydroxylation sites is 1. The van der Waals surface area contributed by atoms with Gasteiger partial charge < -0.3 is 5.11 Å². The van der Waals surface area contributed by atoms with Crippen molar-refractivity contribution in [3.63, 3.8) is 0 Å². The number of benzene rings is 1. The van der Waals surface area contributed by atoms with E-state index < -0.39 is 0 Å². The van der Waals surface area contributed by atoms with Gasteiger partial charge in [0, 0.05) is 24.2 Å². The van der Waals surface area contributed by atoms with E-state index in [-0.39, 0.29) is 12.1 Å². The summed E-state index contributed by atoms with van der Waals surface area (Å²) in [6, 6.07) is 10.7. The number of likely N-dealkylation sites (tertiary alicyclic amines) is 1. The molecule has 106 valence electrons. The van der Waals surface area contributed by atoms with Gasteiger partial charge in [0.05, 0.1) is 11.6 Å². The highest BCUT2D eigenvalue weighted by Gasteiger charge is 2.26. The van der Waals surface area contributed by atoms with Crippen LogP contribution in [0.1, 0.15) is 31.7 Å². The fourth-order valence-corrected chi connectivity index (χ4v) is 3.27. The van der Waals surface area contributed by atoms with Crippen molar-refractivity contribution in [3.05, 3.63) is 42.1 Å². The number of hydrogen-bond acceptors (Lipinski definition) is 3. The molecule has 3 heteroatoms. The van der Waals surface area contributed by atoms with E-state index in [1.54, 1.807) is 0 Å². The number of aromatic nitrogens is 1. The molecule has 0 aliphatic carbocycles. The van der Waals surface area contributed by atoms with Crippen molar-refractivity contribution in [1.82, 2.24) is 9.88 Å². The second kappa shape index (κ2) is 5.90. The van der Waals surface area contributed by atoms with E-state index in [0.29, 0.717) is 0 Å². The number of piperidine rings is 1. The molecule has 0 amide bonds. The Bertz CT molecular complexity index is 577. The third-order valence-electron chi connectivity index (χ3n) is 4.31. The topological polar surface area (TPSA) is 36.4 Å². The van der Waals surface area contributed by atoms with Crippen molar-refractivity contribution in [3.8, 4) is 0 Å². The number of rotatable bonds is 3. The van der Waals surface area contributed by atoms with Crippen LogP contribution in [0.25, 0.3) is 10.9 Å². The maximum Gasteiger partial charge on any atom is 0.0746 e. The SMILES string of the molecule is CC(O)C1CCCCN1Cc1cccc2cccnc12. The Morgan fingerprint density at radius 1 is 1.30 bits per heavy atom. The molecule has 0 saturated carbocycles. The molecule has 1 aromatic carbocycles. The molecular weight excluding hydrogens is 248 g/mol. The zero-order valence-corrected chi connectivity index (χ0v) is 12.0. The summed E-state index contributed by atoms with van der Waals surface area (Å²) >= 11 is 0. The van der Waals surface area contributed by atoms with Crippen LogP contribution in [-0.2, 0) is 6.54 Å². The van der Waals surface area contributed by atoms with E-state index in [9.17, 15) is 5.11 Å². The van der Waals surface area contributed by atoms with Crippen LogP contribution >= 0.6 is 0 Å². The molecule has 1 fully saturated rings. The van der Waals surface area contributed by atoms with Gasteiger partial charge in [-0.2, -0.15) is 0 Å². The van der Waals surface area contributed by atoms with Gasteiger partial charge in [-0.25, -0.2) is 0 Å². The summed E-state index contributed by atoms with van der Waals surface area (Å²) in [7, 11) is 0. The maximum atomic E-state index is 9.98. The second-order valence-electron chi connectivity index (χ2n) is 5.77. The maximum absolute atomic E-state index is 9.98. The molecular formula is C17H22N2O. The van der Waals surface area contributed by atoms with E-state index in [0.717, 1.165) is 25.0 Å². The minimum absolute atomic E-state index is 0.266. The number of aliphatic hydroxyl groups excluding tert-OH is 1. The molecule has 0 radical (unpaired) electrons. The van der Waals surface area contributed by atoms with Gasteiger partial charge in [-0.1, -0.05) is 30.7 Å². The fraction of sp³-hybridized carbons (Fsp3) is 0.471. The Kier molecular flexibility index (Phi) is 3.99. The van der Waals surface area contributed by atoms with Crippen LogP contribution in [-0.4, -0.2) is 33.7 Å². The van der Waals surface area contributed by atoms with Gasteiger partial charge in [-0.05, 0) is 37.9 Å². The summed E-state index contributed by atoms with van der Waals surface area (Å²) in [6.07, 6.45) is 5.13. The average molecular weight is 270 g/mol. The van der Waals surface area contributed by atoms with Crippen LogP contribution in [0.4, 0.5) is 0 Å².